The van der Waals surface area contributed by atoms with E-state index in [9.17, 15) is 0 Å². The number of fused-ring (bicyclic) bond motifs is 1. The fourth-order valence-electron chi connectivity index (χ4n) is 2.20. The standard InChI is InChI=1S/C14H15N3OS/c1-9-8-17-12(7-15)13(16-14(17)19-9)10-4-3-5-11(6-10)18-2/h3-6,8H,7,15H2,1-2H3. The molecule has 0 atom stereocenters. The van der Waals surface area contributed by atoms with Crippen LogP contribution < -0.4 is 10.5 Å². The predicted molar refractivity (Wildman–Crippen MR) is 77.7 cm³/mol. The van der Waals surface area contributed by atoms with E-state index in [-0.39, 0.29) is 0 Å². The van der Waals surface area contributed by atoms with Gasteiger partial charge in [-0.05, 0) is 19.1 Å². The Morgan fingerprint density at radius 1 is 1.42 bits per heavy atom. The zero-order valence-electron chi connectivity index (χ0n) is 10.9. The fourth-order valence-corrected chi connectivity index (χ4v) is 3.04. The zero-order valence-corrected chi connectivity index (χ0v) is 11.7. The Labute approximate surface area is 115 Å². The van der Waals surface area contributed by atoms with Crippen LogP contribution in [0.15, 0.2) is 30.5 Å². The maximum absolute atomic E-state index is 5.89. The molecule has 2 heterocycles. The lowest BCUT2D eigenvalue weighted by molar-refractivity contribution is 0.415. The highest BCUT2D eigenvalue weighted by Crippen LogP contribution is 2.29. The van der Waals surface area contributed by atoms with Crippen molar-refractivity contribution in [3.8, 4) is 17.0 Å². The normalized spacial score (nSPS) is 11.1. The van der Waals surface area contributed by atoms with Gasteiger partial charge in [-0.2, -0.15) is 0 Å². The largest absolute Gasteiger partial charge is 0.497 e. The van der Waals surface area contributed by atoms with Gasteiger partial charge in [-0.3, -0.25) is 4.40 Å². The molecule has 98 valence electrons. The van der Waals surface area contributed by atoms with Crippen molar-refractivity contribution in [1.29, 1.82) is 0 Å². The van der Waals surface area contributed by atoms with E-state index in [1.165, 1.54) is 4.88 Å². The molecule has 19 heavy (non-hydrogen) atoms. The van der Waals surface area contributed by atoms with Crippen molar-refractivity contribution in [1.82, 2.24) is 9.38 Å². The van der Waals surface area contributed by atoms with Crippen LogP contribution in [0.4, 0.5) is 0 Å². The maximum atomic E-state index is 5.89. The zero-order chi connectivity index (χ0) is 13.4. The summed E-state index contributed by atoms with van der Waals surface area (Å²) in [4.78, 5) is 6.91. The molecule has 0 fully saturated rings. The number of imidazole rings is 1. The number of rotatable bonds is 3. The summed E-state index contributed by atoms with van der Waals surface area (Å²) >= 11 is 1.67. The molecule has 0 spiro atoms. The van der Waals surface area contributed by atoms with Crippen LogP contribution in [0.5, 0.6) is 5.75 Å². The van der Waals surface area contributed by atoms with Gasteiger partial charge in [-0.1, -0.05) is 12.1 Å². The van der Waals surface area contributed by atoms with Gasteiger partial charge < -0.3 is 10.5 Å². The summed E-state index contributed by atoms with van der Waals surface area (Å²) in [7, 11) is 1.66. The molecule has 0 saturated carbocycles. The lowest BCUT2D eigenvalue weighted by Gasteiger charge is -2.04. The quantitative estimate of drug-likeness (QED) is 0.798. The Morgan fingerprint density at radius 3 is 3.00 bits per heavy atom. The molecule has 0 aliphatic heterocycles. The van der Waals surface area contributed by atoms with E-state index < -0.39 is 0 Å². The average Bonchev–Trinajstić information content (AvgIpc) is 2.94. The van der Waals surface area contributed by atoms with Crippen LogP contribution in [-0.2, 0) is 6.54 Å². The minimum atomic E-state index is 0.462. The summed E-state index contributed by atoms with van der Waals surface area (Å²) in [5, 5.41) is 0. The number of benzene rings is 1. The number of nitrogens with two attached hydrogens (primary N) is 1. The molecule has 0 bridgehead atoms. The number of aromatic nitrogens is 2. The van der Waals surface area contributed by atoms with Gasteiger partial charge in [0.1, 0.15) is 5.75 Å². The van der Waals surface area contributed by atoms with Crippen LogP contribution in [-0.4, -0.2) is 16.5 Å². The lowest BCUT2D eigenvalue weighted by Crippen LogP contribution is -2.01. The first-order valence-electron chi connectivity index (χ1n) is 6.05. The summed E-state index contributed by atoms with van der Waals surface area (Å²) in [6, 6.07) is 7.90. The predicted octanol–water partition coefficient (Wildman–Crippen LogP) is 2.84. The summed E-state index contributed by atoms with van der Waals surface area (Å²) in [5.41, 5.74) is 8.90. The first-order chi connectivity index (χ1) is 9.22. The van der Waals surface area contributed by atoms with E-state index in [4.69, 9.17) is 15.5 Å². The van der Waals surface area contributed by atoms with Crippen LogP contribution in [0.2, 0.25) is 0 Å². The van der Waals surface area contributed by atoms with E-state index in [0.29, 0.717) is 6.54 Å². The molecule has 0 amide bonds. The molecule has 0 unspecified atom stereocenters. The molecule has 1 aromatic carbocycles. The molecule has 0 saturated heterocycles. The Balaban J connectivity index is 2.20. The van der Waals surface area contributed by atoms with E-state index in [1.807, 2.05) is 24.3 Å². The summed E-state index contributed by atoms with van der Waals surface area (Å²) < 4.78 is 7.34. The minimum absolute atomic E-state index is 0.462. The Bertz CT molecular complexity index is 729. The molecule has 0 aliphatic rings. The van der Waals surface area contributed by atoms with Gasteiger partial charge in [0.2, 0.25) is 0 Å². The molecule has 2 N–H and O–H groups in total. The van der Waals surface area contributed by atoms with Crippen LogP contribution in [0.3, 0.4) is 0 Å². The monoisotopic (exact) mass is 273 g/mol. The van der Waals surface area contributed by atoms with Crippen molar-refractivity contribution < 1.29 is 4.74 Å². The molecule has 0 aliphatic carbocycles. The molecule has 2 aromatic heterocycles. The highest BCUT2D eigenvalue weighted by molar-refractivity contribution is 7.17. The molecule has 5 heteroatoms. The summed E-state index contributed by atoms with van der Waals surface area (Å²) in [6.07, 6.45) is 2.08. The van der Waals surface area contributed by atoms with E-state index in [0.717, 1.165) is 27.7 Å². The topological polar surface area (TPSA) is 52.5 Å². The molecule has 0 radical (unpaired) electrons. The number of thiazole rings is 1. The van der Waals surface area contributed by atoms with Crippen LogP contribution in [0.1, 0.15) is 10.6 Å². The van der Waals surface area contributed by atoms with E-state index in [2.05, 4.69) is 17.5 Å². The van der Waals surface area contributed by atoms with Gasteiger partial charge >= 0.3 is 0 Å². The Kier molecular flexibility index (Phi) is 3.00. The van der Waals surface area contributed by atoms with Crippen molar-refractivity contribution in [3.05, 3.63) is 41.0 Å². The van der Waals surface area contributed by atoms with Gasteiger partial charge in [0.05, 0.1) is 18.5 Å². The molecular weight excluding hydrogens is 258 g/mol. The van der Waals surface area contributed by atoms with E-state index >= 15 is 0 Å². The Morgan fingerprint density at radius 2 is 2.26 bits per heavy atom. The number of nitrogens with zero attached hydrogens (tertiary/aromatic N) is 2. The van der Waals surface area contributed by atoms with Gasteiger partial charge in [0.15, 0.2) is 4.96 Å². The summed E-state index contributed by atoms with van der Waals surface area (Å²) in [6.45, 7) is 2.54. The van der Waals surface area contributed by atoms with Crippen molar-refractivity contribution in [3.63, 3.8) is 0 Å². The second-order valence-corrected chi connectivity index (χ2v) is 5.55. The molecule has 4 nitrogen and oxygen atoms in total. The third-order valence-corrected chi connectivity index (χ3v) is 3.98. The molecule has 3 aromatic rings. The number of aryl methyl sites for hydroxylation is 1. The smallest absolute Gasteiger partial charge is 0.194 e. The van der Waals surface area contributed by atoms with Crippen molar-refractivity contribution >= 4 is 16.3 Å². The third-order valence-electron chi connectivity index (χ3n) is 3.08. The number of ether oxygens (including phenoxy) is 1. The number of hydrogen-bond acceptors (Lipinski definition) is 4. The second kappa shape index (κ2) is 4.68. The van der Waals surface area contributed by atoms with Gasteiger partial charge in [0.25, 0.3) is 0 Å². The van der Waals surface area contributed by atoms with E-state index in [1.54, 1.807) is 18.4 Å². The van der Waals surface area contributed by atoms with Crippen molar-refractivity contribution in [2.24, 2.45) is 5.73 Å². The van der Waals surface area contributed by atoms with Crippen LogP contribution in [0.25, 0.3) is 16.2 Å². The first kappa shape index (κ1) is 12.2. The van der Waals surface area contributed by atoms with Gasteiger partial charge in [-0.25, -0.2) is 4.98 Å². The highest BCUT2D eigenvalue weighted by Gasteiger charge is 2.14. The number of methoxy groups -OCH3 is 1. The third kappa shape index (κ3) is 2.01. The van der Waals surface area contributed by atoms with Crippen LogP contribution in [0, 0.1) is 6.92 Å². The maximum Gasteiger partial charge on any atom is 0.194 e. The summed E-state index contributed by atoms with van der Waals surface area (Å²) in [5.74, 6) is 0.827. The SMILES string of the molecule is COc1cccc(-c2nc3sc(C)cn3c2CN)c1. The molecular formula is C14H15N3OS. The first-order valence-corrected chi connectivity index (χ1v) is 6.86. The average molecular weight is 273 g/mol. The van der Waals surface area contributed by atoms with Crippen molar-refractivity contribution in [2.75, 3.05) is 7.11 Å². The fraction of sp³-hybridized carbons (Fsp3) is 0.214. The molecule has 3 rings (SSSR count). The van der Waals surface area contributed by atoms with Crippen LogP contribution >= 0.6 is 11.3 Å². The lowest BCUT2D eigenvalue weighted by atomic mass is 10.1. The Hall–Kier alpha value is -1.85. The van der Waals surface area contributed by atoms with Gasteiger partial charge in [0, 0.05) is 23.2 Å². The highest BCUT2D eigenvalue weighted by atomic mass is 32.1. The second-order valence-electron chi connectivity index (χ2n) is 4.34. The number of hydrogen-bond donors (Lipinski definition) is 1. The van der Waals surface area contributed by atoms with Gasteiger partial charge in [-0.15, -0.1) is 11.3 Å². The van der Waals surface area contributed by atoms with Crippen molar-refractivity contribution in [2.45, 2.75) is 13.5 Å². The minimum Gasteiger partial charge on any atom is -0.497 e.